The molecule has 2 heterocycles. The molecule has 0 bridgehead atoms. The quantitative estimate of drug-likeness (QED) is 0.542. The Balaban J connectivity index is 1.55. The minimum Gasteiger partial charge on any atom is -0.462 e. The predicted molar refractivity (Wildman–Crippen MR) is 132 cm³/mol. The lowest BCUT2D eigenvalue weighted by atomic mass is 9.72. The largest absolute Gasteiger partial charge is 0.462 e. The molecule has 1 aliphatic carbocycles. The van der Waals surface area contributed by atoms with Gasteiger partial charge in [-0.3, -0.25) is 9.59 Å². The van der Waals surface area contributed by atoms with Gasteiger partial charge in [0.25, 0.3) is 5.56 Å². The van der Waals surface area contributed by atoms with E-state index in [0.717, 1.165) is 29.5 Å². The number of aryl methyl sites for hydroxylation is 1. The van der Waals surface area contributed by atoms with E-state index in [4.69, 9.17) is 4.74 Å². The molecule has 8 nitrogen and oxygen atoms in total. The number of hydrogen-bond acceptors (Lipinski definition) is 7. The lowest BCUT2D eigenvalue weighted by Gasteiger charge is -2.33. The van der Waals surface area contributed by atoms with Gasteiger partial charge in [0.05, 0.1) is 17.6 Å². The van der Waals surface area contributed by atoms with E-state index in [1.54, 1.807) is 49.4 Å². The lowest BCUT2D eigenvalue weighted by molar-refractivity contribution is -0.119. The number of esters is 1. The van der Waals surface area contributed by atoms with Crippen molar-refractivity contribution in [1.29, 1.82) is 0 Å². The van der Waals surface area contributed by atoms with Gasteiger partial charge in [-0.05, 0) is 74.3 Å². The molecule has 34 heavy (non-hydrogen) atoms. The zero-order chi connectivity index (χ0) is 24.6. The molecule has 4 rings (SSSR count). The fourth-order valence-electron chi connectivity index (χ4n) is 4.36. The fraction of sp³-hybridized carbons (Fsp3) is 0.480. The van der Waals surface area contributed by atoms with Gasteiger partial charge in [-0.15, -0.1) is 16.4 Å². The molecule has 2 aromatic heterocycles. The number of thiophene rings is 1. The highest BCUT2D eigenvalue weighted by molar-refractivity contribution is 7.18. The second kappa shape index (κ2) is 9.29. The van der Waals surface area contributed by atoms with Crippen LogP contribution in [-0.4, -0.2) is 33.5 Å². The monoisotopic (exact) mass is 482 g/mol. The Bertz CT molecular complexity index is 1290. The van der Waals surface area contributed by atoms with Crippen molar-refractivity contribution in [3.63, 3.8) is 0 Å². The summed E-state index contributed by atoms with van der Waals surface area (Å²) < 4.78 is 6.13. The Morgan fingerprint density at radius 2 is 1.97 bits per heavy atom. The van der Waals surface area contributed by atoms with Gasteiger partial charge in [-0.25, -0.2) is 4.79 Å². The Labute approximate surface area is 202 Å². The summed E-state index contributed by atoms with van der Waals surface area (Å²) in [5.41, 5.74) is 1.90. The van der Waals surface area contributed by atoms with Crippen molar-refractivity contribution >= 4 is 39.1 Å². The third-order valence-electron chi connectivity index (χ3n) is 6.54. The maximum Gasteiger partial charge on any atom is 0.338 e. The Morgan fingerprint density at radius 3 is 2.62 bits per heavy atom. The molecule has 9 heteroatoms. The molecule has 0 spiro atoms. The van der Waals surface area contributed by atoms with E-state index < -0.39 is 17.9 Å². The molecule has 0 saturated heterocycles. The predicted octanol–water partition coefficient (Wildman–Crippen LogP) is 4.38. The number of fused-ring (bicyclic) bond motifs is 3. The first kappa shape index (κ1) is 24.1. The molecule has 0 fully saturated rings. The summed E-state index contributed by atoms with van der Waals surface area (Å²) in [5.74, 6) is -0.253. The number of ether oxygens (including phenoxy) is 1. The zero-order valence-electron chi connectivity index (χ0n) is 20.2. The molecular formula is C25H30N4O4S. The van der Waals surface area contributed by atoms with Gasteiger partial charge >= 0.3 is 5.97 Å². The van der Waals surface area contributed by atoms with Crippen LogP contribution in [0.15, 0.2) is 29.1 Å². The maximum atomic E-state index is 13.4. The molecule has 0 radical (unpaired) electrons. The fourth-order valence-corrected chi connectivity index (χ4v) is 5.60. The normalized spacial score (nSPS) is 16.7. The SMILES string of the molecule is CCOC(=O)c1ccc(NC(=O)C(C)n2nnc3sc4c(c3c2=O)CCC(C(C)(C)C)C4)cc1. The topological polar surface area (TPSA) is 103 Å². The summed E-state index contributed by atoms with van der Waals surface area (Å²) >= 11 is 1.55. The van der Waals surface area contributed by atoms with E-state index in [1.807, 2.05) is 0 Å². The van der Waals surface area contributed by atoms with Gasteiger partial charge in [-0.2, -0.15) is 4.68 Å². The first-order valence-electron chi connectivity index (χ1n) is 11.6. The number of aromatic nitrogens is 3. The molecule has 2 atom stereocenters. The molecule has 3 aromatic rings. The van der Waals surface area contributed by atoms with Crippen molar-refractivity contribution in [3.8, 4) is 0 Å². The number of rotatable bonds is 5. The molecule has 2 unspecified atom stereocenters. The van der Waals surface area contributed by atoms with Crippen LogP contribution in [0.4, 0.5) is 5.69 Å². The van der Waals surface area contributed by atoms with Gasteiger partial charge in [0.15, 0.2) is 4.83 Å². The molecule has 0 saturated carbocycles. The molecule has 1 aromatic carbocycles. The van der Waals surface area contributed by atoms with Crippen LogP contribution in [0, 0.1) is 11.3 Å². The number of amides is 1. The van der Waals surface area contributed by atoms with E-state index in [-0.39, 0.29) is 11.0 Å². The van der Waals surface area contributed by atoms with E-state index in [2.05, 4.69) is 36.4 Å². The first-order valence-corrected chi connectivity index (χ1v) is 12.4. The minimum atomic E-state index is -0.851. The lowest BCUT2D eigenvalue weighted by Crippen LogP contribution is -2.34. The van der Waals surface area contributed by atoms with Crippen LogP contribution in [0.2, 0.25) is 0 Å². The van der Waals surface area contributed by atoms with Crippen molar-refractivity contribution in [1.82, 2.24) is 15.0 Å². The van der Waals surface area contributed by atoms with Gasteiger partial charge in [0, 0.05) is 10.6 Å². The minimum absolute atomic E-state index is 0.209. The highest BCUT2D eigenvalue weighted by Crippen LogP contribution is 2.41. The third kappa shape index (κ3) is 4.61. The zero-order valence-corrected chi connectivity index (χ0v) is 21.0. The van der Waals surface area contributed by atoms with Crippen molar-refractivity contribution in [2.45, 2.75) is 59.9 Å². The van der Waals surface area contributed by atoms with Crippen LogP contribution < -0.4 is 10.9 Å². The third-order valence-corrected chi connectivity index (χ3v) is 7.67. The van der Waals surface area contributed by atoms with E-state index in [9.17, 15) is 14.4 Å². The standard InChI is InChI=1S/C25H30N4O4S/c1-6-33-24(32)15-7-10-17(11-8-15)26-21(30)14(2)29-23(31)20-18-12-9-16(25(3,4)5)13-19(18)34-22(20)27-28-29/h7-8,10-11,14,16H,6,9,12-13H2,1-5H3,(H,26,30). The van der Waals surface area contributed by atoms with Crippen LogP contribution in [0.5, 0.6) is 0 Å². The van der Waals surface area contributed by atoms with Crippen LogP contribution in [-0.2, 0) is 22.4 Å². The van der Waals surface area contributed by atoms with Gasteiger partial charge < -0.3 is 10.1 Å². The molecule has 1 amide bonds. The number of carbonyl (C=O) groups excluding carboxylic acids is 2. The molecule has 1 N–H and O–H groups in total. The maximum absolute atomic E-state index is 13.4. The summed E-state index contributed by atoms with van der Waals surface area (Å²) in [5, 5.41) is 11.7. The molecular weight excluding hydrogens is 452 g/mol. The van der Waals surface area contributed by atoms with Crippen LogP contribution in [0.3, 0.4) is 0 Å². The summed E-state index contributed by atoms with van der Waals surface area (Å²) in [6.45, 7) is 10.4. The average molecular weight is 483 g/mol. The second-order valence-corrected chi connectivity index (χ2v) is 10.9. The average Bonchev–Trinajstić information content (AvgIpc) is 3.17. The Hall–Kier alpha value is -3.07. The van der Waals surface area contributed by atoms with Crippen molar-refractivity contribution in [3.05, 3.63) is 50.6 Å². The number of carbonyl (C=O) groups is 2. The number of nitrogens with one attached hydrogen (secondary N) is 1. The second-order valence-electron chi connectivity index (χ2n) is 9.79. The molecule has 180 valence electrons. The summed E-state index contributed by atoms with van der Waals surface area (Å²) in [4.78, 5) is 39.9. The van der Waals surface area contributed by atoms with Gasteiger partial charge in [-0.1, -0.05) is 26.0 Å². The highest BCUT2D eigenvalue weighted by atomic mass is 32.1. The van der Waals surface area contributed by atoms with Gasteiger partial charge in [0.2, 0.25) is 5.91 Å². The Morgan fingerprint density at radius 1 is 1.26 bits per heavy atom. The molecule has 0 aliphatic heterocycles. The Kier molecular flexibility index (Phi) is 6.58. The van der Waals surface area contributed by atoms with Crippen molar-refractivity contribution in [2.24, 2.45) is 11.3 Å². The summed E-state index contributed by atoms with van der Waals surface area (Å²) in [6, 6.07) is 5.55. The first-order chi connectivity index (χ1) is 16.1. The summed E-state index contributed by atoms with van der Waals surface area (Å²) in [6.07, 6.45) is 2.81. The van der Waals surface area contributed by atoms with Crippen molar-refractivity contribution in [2.75, 3.05) is 11.9 Å². The number of hydrogen-bond donors (Lipinski definition) is 1. The van der Waals surface area contributed by atoms with Crippen LogP contribution in [0.1, 0.15) is 67.9 Å². The smallest absolute Gasteiger partial charge is 0.338 e. The van der Waals surface area contributed by atoms with Gasteiger partial charge in [0.1, 0.15) is 6.04 Å². The van der Waals surface area contributed by atoms with E-state index in [0.29, 0.717) is 34.0 Å². The van der Waals surface area contributed by atoms with Crippen molar-refractivity contribution < 1.29 is 14.3 Å². The van der Waals surface area contributed by atoms with E-state index in [1.165, 1.54) is 4.88 Å². The highest BCUT2D eigenvalue weighted by Gasteiger charge is 2.32. The number of anilines is 1. The number of nitrogens with zero attached hydrogens (tertiary/aromatic N) is 3. The van der Waals surface area contributed by atoms with Crippen LogP contribution in [0.25, 0.3) is 10.2 Å². The molecule has 1 aliphatic rings. The summed E-state index contributed by atoms with van der Waals surface area (Å²) in [7, 11) is 0. The number of benzene rings is 1. The van der Waals surface area contributed by atoms with E-state index >= 15 is 0 Å². The van der Waals surface area contributed by atoms with Crippen LogP contribution >= 0.6 is 11.3 Å².